The molecule has 17 heavy (non-hydrogen) atoms. The molecule has 0 aliphatic rings. The molecule has 84 valence electrons. The zero-order valence-electron chi connectivity index (χ0n) is 9.27. The number of benzene rings is 1. The molecule has 2 heterocycles. The van der Waals surface area contributed by atoms with Crippen LogP contribution in [0.1, 0.15) is 5.76 Å². The molecule has 0 spiro atoms. The lowest BCUT2D eigenvalue weighted by atomic mass is 10.2. The van der Waals surface area contributed by atoms with Crippen molar-refractivity contribution in [3.05, 3.63) is 58.6 Å². The molecule has 0 atom stereocenters. The molecule has 0 saturated heterocycles. The van der Waals surface area contributed by atoms with Crippen molar-refractivity contribution in [2.75, 3.05) is 0 Å². The van der Waals surface area contributed by atoms with Crippen LogP contribution in [0.4, 0.5) is 0 Å². The maximum atomic E-state index is 11.6. The summed E-state index contributed by atoms with van der Waals surface area (Å²) in [6.07, 6.45) is 0. The van der Waals surface area contributed by atoms with Crippen molar-refractivity contribution in [1.82, 2.24) is 0 Å². The van der Waals surface area contributed by atoms with Gasteiger partial charge in [-0.15, -0.1) is 0 Å². The maximum absolute atomic E-state index is 11.6. The lowest BCUT2D eigenvalue weighted by molar-refractivity contribution is 0.485. The van der Waals surface area contributed by atoms with Crippen LogP contribution in [-0.2, 0) is 0 Å². The standard InChI is InChI=1S/C14H10O3/c1-9-7-13-11(14(15)16-9)8-12(17-13)10-5-3-2-4-6-10/h2-8H,1H3. The molecule has 0 amide bonds. The molecule has 0 radical (unpaired) electrons. The molecule has 3 nitrogen and oxygen atoms in total. The number of hydrogen-bond donors (Lipinski definition) is 0. The highest BCUT2D eigenvalue weighted by Crippen LogP contribution is 2.26. The van der Waals surface area contributed by atoms with Crippen molar-refractivity contribution in [3.63, 3.8) is 0 Å². The first-order valence-corrected chi connectivity index (χ1v) is 5.34. The topological polar surface area (TPSA) is 43.4 Å². The van der Waals surface area contributed by atoms with Gasteiger partial charge in [0.05, 0.1) is 0 Å². The maximum Gasteiger partial charge on any atom is 0.347 e. The van der Waals surface area contributed by atoms with Crippen LogP contribution in [-0.4, -0.2) is 0 Å². The van der Waals surface area contributed by atoms with Crippen LogP contribution >= 0.6 is 0 Å². The van der Waals surface area contributed by atoms with E-state index in [2.05, 4.69) is 0 Å². The van der Waals surface area contributed by atoms with Crippen molar-refractivity contribution in [2.45, 2.75) is 6.92 Å². The number of aryl methyl sites for hydroxylation is 1. The average molecular weight is 226 g/mol. The van der Waals surface area contributed by atoms with Crippen LogP contribution in [0.5, 0.6) is 0 Å². The minimum absolute atomic E-state index is 0.356. The van der Waals surface area contributed by atoms with E-state index in [1.807, 2.05) is 30.3 Å². The van der Waals surface area contributed by atoms with Crippen LogP contribution in [0.3, 0.4) is 0 Å². The van der Waals surface area contributed by atoms with Crippen LogP contribution in [0, 0.1) is 6.92 Å². The fraction of sp³-hybridized carbons (Fsp3) is 0.0714. The largest absolute Gasteiger partial charge is 0.456 e. The van der Waals surface area contributed by atoms with Crippen LogP contribution in [0.2, 0.25) is 0 Å². The first kappa shape index (κ1) is 9.90. The Morgan fingerprint density at radius 3 is 2.53 bits per heavy atom. The second-order valence-electron chi connectivity index (χ2n) is 3.90. The van der Waals surface area contributed by atoms with E-state index >= 15 is 0 Å². The molecule has 3 rings (SSSR count). The van der Waals surface area contributed by atoms with Crippen molar-refractivity contribution in [2.24, 2.45) is 0 Å². The number of fused-ring (bicyclic) bond motifs is 1. The summed E-state index contributed by atoms with van der Waals surface area (Å²) in [5.41, 5.74) is 1.16. The Bertz CT molecular complexity index is 720. The van der Waals surface area contributed by atoms with Gasteiger partial charge >= 0.3 is 5.63 Å². The third kappa shape index (κ3) is 1.65. The summed E-state index contributed by atoms with van der Waals surface area (Å²) in [5, 5.41) is 0.481. The van der Waals surface area contributed by atoms with E-state index in [9.17, 15) is 4.79 Å². The summed E-state index contributed by atoms with van der Waals surface area (Å²) >= 11 is 0. The molecule has 0 aliphatic heterocycles. The summed E-state index contributed by atoms with van der Waals surface area (Å²) < 4.78 is 10.7. The van der Waals surface area contributed by atoms with Gasteiger partial charge in [0.15, 0.2) is 0 Å². The molecule has 0 N–H and O–H groups in total. The van der Waals surface area contributed by atoms with Gasteiger partial charge in [-0.2, -0.15) is 0 Å². The average Bonchev–Trinajstić information content (AvgIpc) is 2.74. The fourth-order valence-corrected chi connectivity index (χ4v) is 1.83. The van der Waals surface area contributed by atoms with Crippen LogP contribution in [0.15, 0.2) is 56.1 Å². The number of furan rings is 1. The van der Waals surface area contributed by atoms with E-state index in [0.717, 1.165) is 5.56 Å². The third-order valence-corrected chi connectivity index (χ3v) is 2.63. The van der Waals surface area contributed by atoms with Crippen molar-refractivity contribution >= 4 is 11.0 Å². The van der Waals surface area contributed by atoms with E-state index in [-0.39, 0.29) is 5.63 Å². The molecule has 2 aromatic heterocycles. The zero-order valence-corrected chi connectivity index (χ0v) is 9.27. The molecular formula is C14H10O3. The van der Waals surface area contributed by atoms with Gasteiger partial charge in [0, 0.05) is 11.6 Å². The summed E-state index contributed by atoms with van der Waals surface area (Å²) in [4.78, 5) is 11.6. The Hall–Kier alpha value is -2.29. The summed E-state index contributed by atoms with van der Waals surface area (Å²) in [7, 11) is 0. The Kier molecular flexibility index (Phi) is 2.11. The highest BCUT2D eigenvalue weighted by Gasteiger charge is 2.10. The van der Waals surface area contributed by atoms with Gasteiger partial charge in [0.2, 0.25) is 0 Å². The van der Waals surface area contributed by atoms with Crippen LogP contribution < -0.4 is 5.63 Å². The second kappa shape index (κ2) is 3.63. The summed E-state index contributed by atoms with van der Waals surface area (Å²) in [6, 6.07) is 13.1. The summed E-state index contributed by atoms with van der Waals surface area (Å²) in [6.45, 7) is 1.73. The van der Waals surface area contributed by atoms with Gasteiger partial charge in [-0.1, -0.05) is 30.3 Å². The monoisotopic (exact) mass is 226 g/mol. The number of hydrogen-bond acceptors (Lipinski definition) is 3. The molecule has 1 aromatic carbocycles. The molecule has 0 saturated carbocycles. The minimum Gasteiger partial charge on any atom is -0.456 e. The highest BCUT2D eigenvalue weighted by molar-refractivity contribution is 5.81. The molecule has 0 bridgehead atoms. The Balaban J connectivity index is 2.28. The SMILES string of the molecule is Cc1cc2oc(-c3ccccc3)cc2c(=O)o1. The molecule has 3 aromatic rings. The molecule has 0 unspecified atom stereocenters. The van der Waals surface area contributed by atoms with Crippen LogP contribution in [0.25, 0.3) is 22.3 Å². The smallest absolute Gasteiger partial charge is 0.347 e. The third-order valence-electron chi connectivity index (χ3n) is 2.63. The van der Waals surface area contributed by atoms with E-state index in [1.165, 1.54) is 0 Å². The van der Waals surface area contributed by atoms with Crippen molar-refractivity contribution in [3.8, 4) is 11.3 Å². The molecule has 0 fully saturated rings. The Morgan fingerprint density at radius 1 is 1.00 bits per heavy atom. The lowest BCUT2D eigenvalue weighted by Crippen LogP contribution is -1.97. The quantitative estimate of drug-likeness (QED) is 0.639. The molecule has 3 heteroatoms. The van der Waals surface area contributed by atoms with E-state index in [1.54, 1.807) is 19.1 Å². The van der Waals surface area contributed by atoms with Gasteiger partial charge in [-0.3, -0.25) is 0 Å². The van der Waals surface area contributed by atoms with Gasteiger partial charge in [0.1, 0.15) is 22.5 Å². The van der Waals surface area contributed by atoms with Crippen molar-refractivity contribution < 1.29 is 8.83 Å². The zero-order chi connectivity index (χ0) is 11.8. The highest BCUT2D eigenvalue weighted by atomic mass is 16.4. The van der Waals surface area contributed by atoms with Crippen molar-refractivity contribution in [1.29, 1.82) is 0 Å². The van der Waals surface area contributed by atoms with E-state index in [4.69, 9.17) is 8.83 Å². The predicted octanol–water partition coefficient (Wildman–Crippen LogP) is 3.36. The summed E-state index contributed by atoms with van der Waals surface area (Å²) in [5.74, 6) is 1.23. The first-order chi connectivity index (χ1) is 8.24. The first-order valence-electron chi connectivity index (χ1n) is 5.34. The van der Waals surface area contributed by atoms with Gasteiger partial charge in [0.25, 0.3) is 0 Å². The number of rotatable bonds is 1. The lowest BCUT2D eigenvalue weighted by Gasteiger charge is -1.93. The van der Waals surface area contributed by atoms with E-state index < -0.39 is 0 Å². The predicted molar refractivity (Wildman–Crippen MR) is 64.9 cm³/mol. The van der Waals surface area contributed by atoms with E-state index in [0.29, 0.717) is 22.5 Å². The second-order valence-corrected chi connectivity index (χ2v) is 3.90. The normalized spacial score (nSPS) is 10.9. The fourth-order valence-electron chi connectivity index (χ4n) is 1.83. The molecule has 0 aliphatic carbocycles. The van der Waals surface area contributed by atoms with Gasteiger partial charge in [-0.25, -0.2) is 4.79 Å². The Labute approximate surface area is 97.3 Å². The van der Waals surface area contributed by atoms with Gasteiger partial charge in [-0.05, 0) is 13.0 Å². The Morgan fingerprint density at radius 2 is 1.76 bits per heavy atom. The minimum atomic E-state index is -0.356. The molecular weight excluding hydrogens is 216 g/mol. The van der Waals surface area contributed by atoms with Gasteiger partial charge < -0.3 is 8.83 Å².